The van der Waals surface area contributed by atoms with E-state index < -0.39 is 0 Å². The topological polar surface area (TPSA) is 62.8 Å². The predicted molar refractivity (Wildman–Crippen MR) is 52.8 cm³/mol. The van der Waals surface area contributed by atoms with Crippen molar-refractivity contribution < 1.29 is 0 Å². The molecule has 3 N–H and O–H groups in total. The number of nitrogens with zero attached hydrogens (tertiary/aromatic N) is 1. The van der Waals surface area contributed by atoms with Crippen molar-refractivity contribution in [1.29, 1.82) is 5.41 Å². The summed E-state index contributed by atoms with van der Waals surface area (Å²) in [6.07, 6.45) is 1.70. The molecule has 3 nitrogen and oxygen atoms in total. The lowest BCUT2D eigenvalue weighted by Gasteiger charge is -2.02. The van der Waals surface area contributed by atoms with Crippen molar-refractivity contribution in [2.45, 2.75) is 0 Å². The zero-order chi connectivity index (χ0) is 9.26. The van der Waals surface area contributed by atoms with Crippen molar-refractivity contribution in [2.24, 2.45) is 5.73 Å². The molecule has 1 heterocycles. The SMILES string of the molecule is N=C(N)c1cccc2cccnc12. The number of aromatic nitrogens is 1. The van der Waals surface area contributed by atoms with Crippen LogP contribution in [0.4, 0.5) is 0 Å². The van der Waals surface area contributed by atoms with Crippen molar-refractivity contribution in [2.75, 3.05) is 0 Å². The Balaban J connectivity index is 2.83. The lowest BCUT2D eigenvalue weighted by molar-refractivity contribution is 1.38. The van der Waals surface area contributed by atoms with Crippen molar-refractivity contribution in [3.63, 3.8) is 0 Å². The molecule has 0 aliphatic carbocycles. The summed E-state index contributed by atoms with van der Waals surface area (Å²) in [5, 5.41) is 8.36. The standard InChI is InChI=1S/C10H9N3/c11-10(12)8-5-1-3-7-4-2-6-13-9(7)8/h1-6H,(H3,11,12). The Kier molecular flexibility index (Phi) is 1.70. The van der Waals surface area contributed by atoms with Gasteiger partial charge in [-0.05, 0) is 12.1 Å². The van der Waals surface area contributed by atoms with Crippen LogP contribution < -0.4 is 5.73 Å². The highest BCUT2D eigenvalue weighted by molar-refractivity contribution is 6.05. The quantitative estimate of drug-likeness (QED) is 0.504. The van der Waals surface area contributed by atoms with Gasteiger partial charge in [-0.15, -0.1) is 0 Å². The van der Waals surface area contributed by atoms with Gasteiger partial charge in [0.05, 0.1) is 5.52 Å². The number of nitrogens with two attached hydrogens (primary N) is 1. The summed E-state index contributed by atoms with van der Waals surface area (Å²) < 4.78 is 0. The first-order chi connectivity index (χ1) is 6.29. The summed E-state index contributed by atoms with van der Waals surface area (Å²) in [7, 11) is 0. The van der Waals surface area contributed by atoms with Crippen LogP contribution in [0, 0.1) is 5.41 Å². The number of hydrogen-bond acceptors (Lipinski definition) is 2. The summed E-state index contributed by atoms with van der Waals surface area (Å²) in [5.74, 6) is 0.0595. The number of amidine groups is 1. The molecule has 1 aromatic heterocycles. The van der Waals surface area contributed by atoms with Crippen molar-refractivity contribution >= 4 is 16.7 Å². The molecule has 0 atom stereocenters. The van der Waals surface area contributed by atoms with Crippen LogP contribution in [0.25, 0.3) is 10.9 Å². The molecular weight excluding hydrogens is 162 g/mol. The van der Waals surface area contributed by atoms with Gasteiger partial charge in [0.15, 0.2) is 0 Å². The van der Waals surface area contributed by atoms with E-state index in [0.29, 0.717) is 5.56 Å². The lowest BCUT2D eigenvalue weighted by atomic mass is 10.1. The smallest absolute Gasteiger partial charge is 0.125 e. The summed E-state index contributed by atoms with van der Waals surface area (Å²) in [5.41, 5.74) is 6.91. The average molecular weight is 171 g/mol. The number of nitrogens with one attached hydrogen (secondary N) is 1. The zero-order valence-electron chi connectivity index (χ0n) is 6.99. The summed E-state index contributed by atoms with van der Waals surface area (Å²) in [6.45, 7) is 0. The van der Waals surface area contributed by atoms with Crippen LogP contribution >= 0.6 is 0 Å². The third kappa shape index (κ3) is 1.24. The molecule has 0 bridgehead atoms. The average Bonchev–Trinajstić information content (AvgIpc) is 2.17. The van der Waals surface area contributed by atoms with Crippen LogP contribution in [0.5, 0.6) is 0 Å². The molecule has 2 aromatic rings. The van der Waals surface area contributed by atoms with Crippen molar-refractivity contribution in [1.82, 2.24) is 4.98 Å². The Hall–Kier alpha value is -1.90. The van der Waals surface area contributed by atoms with Gasteiger partial charge in [-0.1, -0.05) is 18.2 Å². The van der Waals surface area contributed by atoms with Gasteiger partial charge in [-0.3, -0.25) is 10.4 Å². The van der Waals surface area contributed by atoms with Crippen LogP contribution in [0.15, 0.2) is 36.5 Å². The second kappa shape index (κ2) is 2.86. The molecule has 3 heteroatoms. The van der Waals surface area contributed by atoms with E-state index in [1.165, 1.54) is 0 Å². The van der Waals surface area contributed by atoms with E-state index in [4.69, 9.17) is 11.1 Å². The molecule has 0 aliphatic heterocycles. The van der Waals surface area contributed by atoms with Crippen molar-refractivity contribution in [3.05, 3.63) is 42.1 Å². The minimum Gasteiger partial charge on any atom is -0.384 e. The molecule has 2 rings (SSSR count). The fourth-order valence-electron chi connectivity index (χ4n) is 1.32. The maximum atomic E-state index is 7.36. The van der Waals surface area contributed by atoms with Gasteiger partial charge in [0.25, 0.3) is 0 Å². The largest absolute Gasteiger partial charge is 0.384 e. The highest BCUT2D eigenvalue weighted by atomic mass is 14.7. The van der Waals surface area contributed by atoms with Crippen LogP contribution in [-0.2, 0) is 0 Å². The van der Waals surface area contributed by atoms with E-state index in [0.717, 1.165) is 10.9 Å². The van der Waals surface area contributed by atoms with Crippen LogP contribution in [0.2, 0.25) is 0 Å². The van der Waals surface area contributed by atoms with Gasteiger partial charge in [0.2, 0.25) is 0 Å². The van der Waals surface area contributed by atoms with Gasteiger partial charge in [-0.25, -0.2) is 0 Å². The van der Waals surface area contributed by atoms with Crippen molar-refractivity contribution in [3.8, 4) is 0 Å². The Morgan fingerprint density at radius 1 is 1.23 bits per heavy atom. The van der Waals surface area contributed by atoms with Gasteiger partial charge >= 0.3 is 0 Å². The minimum absolute atomic E-state index is 0.0595. The van der Waals surface area contributed by atoms with E-state index in [2.05, 4.69) is 4.98 Å². The molecule has 0 fully saturated rings. The Morgan fingerprint density at radius 3 is 2.77 bits per heavy atom. The first kappa shape index (κ1) is 7.73. The fraction of sp³-hybridized carbons (Fsp3) is 0. The fourth-order valence-corrected chi connectivity index (χ4v) is 1.32. The number of hydrogen-bond donors (Lipinski definition) is 2. The minimum atomic E-state index is 0.0595. The van der Waals surface area contributed by atoms with E-state index in [1.54, 1.807) is 12.3 Å². The second-order valence-corrected chi connectivity index (χ2v) is 2.79. The normalized spacial score (nSPS) is 10.2. The van der Waals surface area contributed by atoms with Gasteiger partial charge < -0.3 is 5.73 Å². The number of benzene rings is 1. The molecule has 0 unspecified atom stereocenters. The Morgan fingerprint density at radius 2 is 2.00 bits per heavy atom. The number of para-hydroxylation sites is 1. The monoisotopic (exact) mass is 171 g/mol. The number of fused-ring (bicyclic) bond motifs is 1. The molecule has 0 amide bonds. The maximum absolute atomic E-state index is 7.36. The molecule has 64 valence electrons. The van der Waals surface area contributed by atoms with Crippen LogP contribution in [0.1, 0.15) is 5.56 Å². The van der Waals surface area contributed by atoms with Gasteiger partial charge in [0, 0.05) is 17.1 Å². The molecule has 1 aromatic carbocycles. The number of rotatable bonds is 1. The Labute approximate surface area is 75.7 Å². The van der Waals surface area contributed by atoms with Gasteiger partial charge in [0.1, 0.15) is 5.84 Å². The second-order valence-electron chi connectivity index (χ2n) is 2.79. The summed E-state index contributed by atoms with van der Waals surface area (Å²) in [6, 6.07) is 9.45. The number of pyridine rings is 1. The molecule has 0 saturated carbocycles. The summed E-state index contributed by atoms with van der Waals surface area (Å²) in [4.78, 5) is 4.18. The third-order valence-corrected chi connectivity index (χ3v) is 1.92. The lowest BCUT2D eigenvalue weighted by Crippen LogP contribution is -2.11. The van der Waals surface area contributed by atoms with Gasteiger partial charge in [-0.2, -0.15) is 0 Å². The molecule has 13 heavy (non-hydrogen) atoms. The molecular formula is C10H9N3. The van der Waals surface area contributed by atoms with E-state index >= 15 is 0 Å². The van der Waals surface area contributed by atoms with E-state index in [9.17, 15) is 0 Å². The molecule has 0 spiro atoms. The summed E-state index contributed by atoms with van der Waals surface area (Å²) >= 11 is 0. The first-order valence-corrected chi connectivity index (χ1v) is 3.97. The zero-order valence-corrected chi connectivity index (χ0v) is 6.99. The van der Waals surface area contributed by atoms with Crippen LogP contribution in [-0.4, -0.2) is 10.8 Å². The highest BCUT2D eigenvalue weighted by Gasteiger charge is 2.02. The van der Waals surface area contributed by atoms with E-state index in [1.807, 2.05) is 24.3 Å². The molecule has 0 radical (unpaired) electrons. The van der Waals surface area contributed by atoms with Crippen LogP contribution in [0.3, 0.4) is 0 Å². The Bertz CT molecular complexity index is 457. The molecule has 0 saturated heterocycles. The number of nitrogen functional groups attached to an aromatic ring is 1. The third-order valence-electron chi connectivity index (χ3n) is 1.92. The first-order valence-electron chi connectivity index (χ1n) is 3.97. The highest BCUT2D eigenvalue weighted by Crippen LogP contribution is 2.14. The predicted octanol–water partition coefficient (Wildman–Crippen LogP) is 1.52. The molecule has 0 aliphatic rings. The maximum Gasteiger partial charge on any atom is 0.125 e. The van der Waals surface area contributed by atoms with E-state index in [-0.39, 0.29) is 5.84 Å².